The minimum atomic E-state index is -0.397. The van der Waals surface area contributed by atoms with Crippen molar-refractivity contribution in [3.63, 3.8) is 0 Å². The highest BCUT2D eigenvalue weighted by atomic mass is 16.5. The van der Waals surface area contributed by atoms with Crippen LogP contribution in [-0.2, 0) is 16.0 Å². The highest BCUT2D eigenvalue weighted by molar-refractivity contribution is 5.82. The van der Waals surface area contributed by atoms with Crippen LogP contribution < -0.4 is 0 Å². The zero-order valence-corrected chi connectivity index (χ0v) is 13.0. The molecule has 0 aliphatic carbocycles. The molecule has 0 saturated heterocycles. The Bertz CT molecular complexity index is 1050. The van der Waals surface area contributed by atoms with Gasteiger partial charge in [-0.2, -0.15) is 14.6 Å². The number of aromatic nitrogens is 7. The number of hydrogen-bond acceptors (Lipinski definition) is 7. The zero-order valence-electron chi connectivity index (χ0n) is 13.0. The summed E-state index contributed by atoms with van der Waals surface area (Å²) in [5.74, 6) is 0.556. The third-order valence-electron chi connectivity index (χ3n) is 3.58. The fourth-order valence-electron chi connectivity index (χ4n) is 2.52. The van der Waals surface area contributed by atoms with Gasteiger partial charge in [0.05, 0.1) is 19.2 Å². The Hall–Kier alpha value is -3.36. The molecule has 0 bridgehead atoms. The molecule has 0 saturated carbocycles. The lowest BCUT2D eigenvalue weighted by molar-refractivity contribution is -0.139. The summed E-state index contributed by atoms with van der Waals surface area (Å²) in [6, 6.07) is 9.54. The van der Waals surface area contributed by atoms with Crippen LogP contribution in [0, 0.1) is 6.92 Å². The summed E-state index contributed by atoms with van der Waals surface area (Å²) < 4.78 is 8.00. The van der Waals surface area contributed by atoms with Crippen molar-refractivity contribution in [3.8, 4) is 5.69 Å². The first-order chi connectivity index (χ1) is 11.7. The van der Waals surface area contributed by atoms with Gasteiger partial charge in [0.2, 0.25) is 0 Å². The molecule has 3 aromatic heterocycles. The van der Waals surface area contributed by atoms with Gasteiger partial charge in [0.25, 0.3) is 5.78 Å². The second kappa shape index (κ2) is 5.37. The Morgan fingerprint density at radius 1 is 1.17 bits per heavy atom. The van der Waals surface area contributed by atoms with Crippen LogP contribution in [-0.4, -0.2) is 47.7 Å². The fraction of sp³-hybridized carbons (Fsp3) is 0.200. The van der Waals surface area contributed by atoms with Crippen LogP contribution in [0.5, 0.6) is 0 Å². The number of hydrogen-bond donors (Lipinski definition) is 0. The van der Waals surface area contributed by atoms with Gasteiger partial charge in [0, 0.05) is 0 Å². The maximum absolute atomic E-state index is 11.7. The monoisotopic (exact) mass is 323 g/mol. The van der Waals surface area contributed by atoms with Gasteiger partial charge in [-0.3, -0.25) is 4.79 Å². The van der Waals surface area contributed by atoms with E-state index in [0.29, 0.717) is 28.5 Å². The lowest BCUT2D eigenvalue weighted by Gasteiger charge is -2.02. The number of benzene rings is 1. The van der Waals surface area contributed by atoms with Gasteiger partial charge < -0.3 is 4.74 Å². The molecular formula is C15H13N7O2. The second-order valence-electron chi connectivity index (χ2n) is 5.19. The van der Waals surface area contributed by atoms with Gasteiger partial charge in [-0.25, -0.2) is 4.68 Å². The SMILES string of the molecule is COC(=O)Cc1nn(-c2ccccc2)c2c1nnc1nc(C)nn12. The van der Waals surface area contributed by atoms with Crippen molar-refractivity contribution in [1.29, 1.82) is 0 Å². The molecule has 4 aromatic rings. The number of nitrogens with zero attached hydrogens (tertiary/aromatic N) is 7. The van der Waals surface area contributed by atoms with E-state index in [2.05, 4.69) is 25.4 Å². The quantitative estimate of drug-likeness (QED) is 0.516. The maximum atomic E-state index is 11.7. The molecule has 0 aliphatic heterocycles. The molecule has 0 amide bonds. The third-order valence-corrected chi connectivity index (χ3v) is 3.58. The second-order valence-corrected chi connectivity index (χ2v) is 5.19. The first kappa shape index (κ1) is 14.2. The first-order valence-electron chi connectivity index (χ1n) is 7.27. The number of fused-ring (bicyclic) bond motifs is 3. The molecule has 9 heteroatoms. The number of carbonyl (C=O) groups is 1. The minimum absolute atomic E-state index is 0.000694. The van der Waals surface area contributed by atoms with Crippen molar-refractivity contribution in [3.05, 3.63) is 41.9 Å². The van der Waals surface area contributed by atoms with E-state index in [4.69, 9.17) is 4.74 Å². The van der Waals surface area contributed by atoms with Crippen molar-refractivity contribution < 1.29 is 9.53 Å². The van der Waals surface area contributed by atoms with Gasteiger partial charge in [-0.1, -0.05) is 18.2 Å². The number of rotatable bonds is 3. The summed E-state index contributed by atoms with van der Waals surface area (Å²) in [6.45, 7) is 1.78. The molecular weight excluding hydrogens is 310 g/mol. The smallest absolute Gasteiger partial charge is 0.311 e. The largest absolute Gasteiger partial charge is 0.469 e. The molecule has 120 valence electrons. The summed E-state index contributed by atoms with van der Waals surface area (Å²) in [5, 5.41) is 17.2. The lowest BCUT2D eigenvalue weighted by Crippen LogP contribution is -2.06. The van der Waals surface area contributed by atoms with Crippen LogP contribution in [0.25, 0.3) is 22.6 Å². The van der Waals surface area contributed by atoms with E-state index in [0.717, 1.165) is 5.69 Å². The average Bonchev–Trinajstić information content (AvgIpc) is 3.15. The molecule has 0 atom stereocenters. The Labute approximate surface area is 135 Å². The number of esters is 1. The molecule has 0 radical (unpaired) electrons. The molecule has 9 nitrogen and oxygen atoms in total. The molecule has 0 N–H and O–H groups in total. The standard InChI is InChI=1S/C15H13N7O2/c1-9-16-15-18-17-13-11(8-12(23)24-2)20-21(14(13)22(15)19-9)10-6-4-3-5-7-10/h3-7H,8H2,1-2H3. The molecule has 1 aromatic carbocycles. The molecule has 3 heterocycles. The normalized spacial score (nSPS) is 11.2. The molecule has 0 fully saturated rings. The fourth-order valence-corrected chi connectivity index (χ4v) is 2.52. The number of methoxy groups -OCH3 is 1. The van der Waals surface area contributed by atoms with E-state index in [1.165, 1.54) is 7.11 Å². The van der Waals surface area contributed by atoms with Crippen molar-refractivity contribution in [2.24, 2.45) is 0 Å². The molecule has 0 spiro atoms. The van der Waals surface area contributed by atoms with E-state index >= 15 is 0 Å². The van der Waals surface area contributed by atoms with Gasteiger partial charge in [0.15, 0.2) is 11.2 Å². The molecule has 24 heavy (non-hydrogen) atoms. The maximum Gasteiger partial charge on any atom is 0.311 e. The molecule has 0 aliphatic rings. The highest BCUT2D eigenvalue weighted by Crippen LogP contribution is 2.21. The van der Waals surface area contributed by atoms with Crippen molar-refractivity contribution >= 4 is 22.9 Å². The van der Waals surface area contributed by atoms with Crippen LogP contribution in [0.1, 0.15) is 11.5 Å². The number of aryl methyl sites for hydroxylation is 1. The predicted octanol–water partition coefficient (Wildman–Crippen LogP) is 0.882. The van der Waals surface area contributed by atoms with Gasteiger partial charge >= 0.3 is 5.97 Å². The molecule has 0 unspecified atom stereocenters. The Morgan fingerprint density at radius 3 is 2.71 bits per heavy atom. The summed E-state index contributed by atoms with van der Waals surface area (Å²) in [6.07, 6.45) is 0.000694. The summed E-state index contributed by atoms with van der Waals surface area (Å²) in [4.78, 5) is 15.9. The topological polar surface area (TPSA) is 100 Å². The van der Waals surface area contributed by atoms with Gasteiger partial charge in [-0.15, -0.1) is 15.3 Å². The summed E-state index contributed by atoms with van der Waals surface area (Å²) >= 11 is 0. The minimum Gasteiger partial charge on any atom is -0.469 e. The van der Waals surface area contributed by atoms with Crippen molar-refractivity contribution in [2.75, 3.05) is 7.11 Å². The number of ether oxygens (including phenoxy) is 1. The zero-order chi connectivity index (χ0) is 16.7. The lowest BCUT2D eigenvalue weighted by atomic mass is 10.3. The Morgan fingerprint density at radius 2 is 1.96 bits per heavy atom. The van der Waals surface area contributed by atoms with E-state index in [9.17, 15) is 4.79 Å². The molecule has 4 rings (SSSR count). The van der Waals surface area contributed by atoms with Crippen molar-refractivity contribution in [2.45, 2.75) is 13.3 Å². The van der Waals surface area contributed by atoms with Gasteiger partial charge in [-0.05, 0) is 19.1 Å². The first-order valence-corrected chi connectivity index (χ1v) is 7.27. The highest BCUT2D eigenvalue weighted by Gasteiger charge is 2.21. The van der Waals surface area contributed by atoms with E-state index in [1.807, 2.05) is 30.3 Å². The van der Waals surface area contributed by atoms with Crippen LogP contribution >= 0.6 is 0 Å². The van der Waals surface area contributed by atoms with Crippen LogP contribution in [0.4, 0.5) is 0 Å². The van der Waals surface area contributed by atoms with Crippen LogP contribution in [0.15, 0.2) is 30.3 Å². The predicted molar refractivity (Wildman–Crippen MR) is 83.7 cm³/mol. The summed E-state index contributed by atoms with van der Waals surface area (Å²) in [5.41, 5.74) is 2.39. The number of carbonyl (C=O) groups excluding carboxylic acids is 1. The van der Waals surface area contributed by atoms with E-state index < -0.39 is 5.97 Å². The third kappa shape index (κ3) is 2.18. The van der Waals surface area contributed by atoms with Crippen molar-refractivity contribution in [1.82, 2.24) is 34.6 Å². The van der Waals surface area contributed by atoms with E-state index in [1.54, 1.807) is 16.1 Å². The Kier molecular flexibility index (Phi) is 3.19. The summed E-state index contributed by atoms with van der Waals surface area (Å²) in [7, 11) is 1.34. The Balaban J connectivity index is 2.05. The number of para-hydroxylation sites is 1. The van der Waals surface area contributed by atoms with Crippen LogP contribution in [0.2, 0.25) is 0 Å². The van der Waals surface area contributed by atoms with E-state index in [-0.39, 0.29) is 6.42 Å². The van der Waals surface area contributed by atoms with Crippen LogP contribution in [0.3, 0.4) is 0 Å². The average molecular weight is 323 g/mol. The van der Waals surface area contributed by atoms with Gasteiger partial charge in [0.1, 0.15) is 11.5 Å².